The van der Waals surface area contributed by atoms with E-state index in [-0.39, 0.29) is 18.5 Å². The van der Waals surface area contributed by atoms with Crippen molar-refractivity contribution in [2.75, 3.05) is 18.4 Å². The Balaban J connectivity index is 1.04. The fraction of sp³-hybridized carbons (Fsp3) is 0.156. The Kier molecular flexibility index (Phi) is 7.36. The van der Waals surface area contributed by atoms with Gasteiger partial charge in [0.05, 0.1) is 22.8 Å². The molecule has 43 heavy (non-hydrogen) atoms. The highest BCUT2D eigenvalue weighted by atomic mass is 35.5. The summed E-state index contributed by atoms with van der Waals surface area (Å²) in [6, 6.07) is 22.0. The first kappa shape index (κ1) is 26.9. The van der Waals surface area contributed by atoms with Gasteiger partial charge in [0.2, 0.25) is 0 Å². The molecule has 214 valence electrons. The number of aromatic nitrogens is 6. The highest BCUT2D eigenvalue weighted by molar-refractivity contribution is 6.32. The molecule has 3 aromatic heterocycles. The molecule has 1 N–H and O–H groups in total. The van der Waals surface area contributed by atoms with E-state index in [0.29, 0.717) is 16.6 Å². The molecule has 11 heteroatoms. The summed E-state index contributed by atoms with van der Waals surface area (Å²) in [6.07, 6.45) is 7.16. The van der Waals surface area contributed by atoms with Gasteiger partial charge in [0.15, 0.2) is 0 Å². The lowest BCUT2D eigenvalue weighted by Gasteiger charge is -2.38. The number of hydrogen-bond acceptors (Lipinski definition) is 8. The lowest BCUT2D eigenvalue weighted by Crippen LogP contribution is -2.47. The van der Waals surface area contributed by atoms with Gasteiger partial charge in [-0.2, -0.15) is 0 Å². The van der Waals surface area contributed by atoms with Gasteiger partial charge in [-0.05, 0) is 65.7 Å². The molecule has 0 amide bonds. The van der Waals surface area contributed by atoms with Gasteiger partial charge in [-0.15, -0.1) is 5.10 Å². The first-order chi connectivity index (χ1) is 21.1. The molecular formula is C32H26ClFN8O. The largest absolute Gasteiger partial charge is 0.487 e. The van der Waals surface area contributed by atoms with Gasteiger partial charge in [0, 0.05) is 48.7 Å². The van der Waals surface area contributed by atoms with Crippen LogP contribution in [0.2, 0.25) is 5.02 Å². The van der Waals surface area contributed by atoms with Gasteiger partial charge in [-0.3, -0.25) is 9.88 Å². The Hall–Kier alpha value is -4.93. The third-order valence-corrected chi connectivity index (χ3v) is 7.68. The molecule has 1 fully saturated rings. The predicted molar refractivity (Wildman–Crippen MR) is 163 cm³/mol. The minimum Gasteiger partial charge on any atom is -0.487 e. The van der Waals surface area contributed by atoms with Crippen LogP contribution >= 0.6 is 11.6 Å². The van der Waals surface area contributed by atoms with Crippen LogP contribution in [0.1, 0.15) is 17.2 Å². The Bertz CT molecular complexity index is 1890. The van der Waals surface area contributed by atoms with E-state index in [1.807, 2.05) is 59.7 Å². The predicted octanol–water partition coefficient (Wildman–Crippen LogP) is 6.46. The van der Waals surface area contributed by atoms with Crippen molar-refractivity contribution in [3.63, 3.8) is 0 Å². The molecule has 4 heterocycles. The van der Waals surface area contributed by atoms with E-state index in [9.17, 15) is 4.39 Å². The molecule has 0 unspecified atom stereocenters. The first-order valence-corrected chi connectivity index (χ1v) is 14.2. The van der Waals surface area contributed by atoms with Gasteiger partial charge in [0.25, 0.3) is 0 Å². The second-order valence-corrected chi connectivity index (χ2v) is 10.8. The van der Waals surface area contributed by atoms with E-state index >= 15 is 0 Å². The summed E-state index contributed by atoms with van der Waals surface area (Å²) in [5, 5.41) is 13.5. The average molecular weight is 593 g/mol. The number of nitrogens with zero attached hydrogens (tertiary/aromatic N) is 7. The van der Waals surface area contributed by atoms with E-state index in [4.69, 9.17) is 16.3 Å². The number of rotatable bonds is 9. The van der Waals surface area contributed by atoms with Crippen LogP contribution in [0.25, 0.3) is 22.2 Å². The van der Waals surface area contributed by atoms with Crippen LogP contribution in [0, 0.1) is 5.82 Å². The molecule has 0 aliphatic carbocycles. The number of hydrogen-bond donors (Lipinski definition) is 1. The second kappa shape index (κ2) is 11.7. The van der Waals surface area contributed by atoms with Crippen molar-refractivity contribution in [1.29, 1.82) is 0 Å². The van der Waals surface area contributed by atoms with Crippen LogP contribution in [0.15, 0.2) is 97.7 Å². The van der Waals surface area contributed by atoms with E-state index in [1.54, 1.807) is 24.3 Å². The average Bonchev–Trinajstić information content (AvgIpc) is 3.49. The van der Waals surface area contributed by atoms with Crippen molar-refractivity contribution >= 4 is 34.0 Å². The maximum Gasteiger partial charge on any atom is 0.141 e. The lowest BCUT2D eigenvalue weighted by atomic mass is 10.1. The number of likely N-dealkylation sites (tertiary alicyclic amines) is 1. The zero-order valence-electron chi connectivity index (χ0n) is 22.9. The summed E-state index contributed by atoms with van der Waals surface area (Å²) >= 11 is 6.52. The summed E-state index contributed by atoms with van der Waals surface area (Å²) in [5.41, 5.74) is 5.21. The molecule has 7 rings (SSSR count). The second-order valence-electron chi connectivity index (χ2n) is 10.4. The van der Waals surface area contributed by atoms with Crippen LogP contribution in [-0.4, -0.2) is 47.9 Å². The fourth-order valence-corrected chi connectivity index (χ4v) is 5.34. The zero-order valence-corrected chi connectivity index (χ0v) is 23.7. The van der Waals surface area contributed by atoms with Crippen molar-refractivity contribution in [2.45, 2.75) is 19.2 Å². The minimum atomic E-state index is -0.306. The van der Waals surface area contributed by atoms with Gasteiger partial charge >= 0.3 is 0 Å². The molecule has 0 bridgehead atoms. The summed E-state index contributed by atoms with van der Waals surface area (Å²) in [5.74, 6) is 0.829. The summed E-state index contributed by atoms with van der Waals surface area (Å²) in [6.45, 7) is 2.94. The third kappa shape index (κ3) is 6.01. The van der Waals surface area contributed by atoms with Crippen LogP contribution in [0.5, 0.6) is 5.75 Å². The summed E-state index contributed by atoms with van der Waals surface area (Å²) in [7, 11) is 0. The molecule has 0 spiro atoms. The molecule has 1 saturated heterocycles. The Morgan fingerprint density at radius 2 is 1.84 bits per heavy atom. The SMILES string of the molecule is Fc1cccc(COc2ccc(Nc3ncnc4ccc(-c5cn(C6CN(Cc7ccncc7)C6)nn5)cc34)cc2Cl)c1. The maximum absolute atomic E-state index is 13.5. The Morgan fingerprint density at radius 3 is 2.67 bits per heavy atom. The normalized spacial score (nSPS) is 13.6. The smallest absolute Gasteiger partial charge is 0.141 e. The van der Waals surface area contributed by atoms with Crippen LogP contribution in [0.3, 0.4) is 0 Å². The van der Waals surface area contributed by atoms with Crippen molar-refractivity contribution in [3.8, 4) is 17.0 Å². The molecule has 6 aromatic rings. The third-order valence-electron chi connectivity index (χ3n) is 7.39. The maximum atomic E-state index is 13.5. The lowest BCUT2D eigenvalue weighted by molar-refractivity contribution is 0.0896. The van der Waals surface area contributed by atoms with E-state index < -0.39 is 0 Å². The summed E-state index contributed by atoms with van der Waals surface area (Å²) in [4.78, 5) is 15.4. The quantitative estimate of drug-likeness (QED) is 0.205. The molecule has 1 aliphatic heterocycles. The van der Waals surface area contributed by atoms with Crippen LogP contribution in [-0.2, 0) is 13.2 Å². The van der Waals surface area contributed by atoms with Crippen LogP contribution in [0.4, 0.5) is 15.9 Å². The molecule has 1 aliphatic rings. The molecule has 3 aromatic carbocycles. The molecule has 9 nitrogen and oxygen atoms in total. The Morgan fingerprint density at radius 1 is 0.953 bits per heavy atom. The number of anilines is 2. The number of benzene rings is 3. The van der Waals surface area contributed by atoms with Gasteiger partial charge in [0.1, 0.15) is 36.0 Å². The standard InChI is InChI=1S/C32H26ClFN8O/c33-28-14-25(5-7-31(28)43-19-22-2-1-3-24(34)12-22)38-32-27-13-23(4-6-29(27)36-20-37-32)30-18-42(40-39-30)26-16-41(17-26)15-21-8-10-35-11-9-21/h1-14,18,20,26H,15-17,19H2,(H,36,37,38). The molecular weight excluding hydrogens is 567 g/mol. The zero-order chi connectivity index (χ0) is 29.2. The minimum absolute atomic E-state index is 0.207. The topological polar surface area (TPSA) is 93.9 Å². The van der Waals surface area contributed by atoms with Gasteiger partial charge in [-0.1, -0.05) is 35.0 Å². The molecule has 0 radical (unpaired) electrons. The highest BCUT2D eigenvalue weighted by Gasteiger charge is 2.29. The summed E-state index contributed by atoms with van der Waals surface area (Å²) < 4.78 is 21.2. The van der Waals surface area contributed by atoms with E-state index in [1.165, 1.54) is 24.0 Å². The molecule has 0 atom stereocenters. The van der Waals surface area contributed by atoms with Crippen molar-refractivity contribution < 1.29 is 9.13 Å². The van der Waals surface area contributed by atoms with Crippen molar-refractivity contribution in [1.82, 2.24) is 34.8 Å². The Labute approximate surface area is 252 Å². The van der Waals surface area contributed by atoms with Crippen molar-refractivity contribution in [3.05, 3.63) is 120 Å². The monoisotopic (exact) mass is 592 g/mol. The van der Waals surface area contributed by atoms with Gasteiger partial charge in [-0.25, -0.2) is 19.0 Å². The number of nitrogens with one attached hydrogen (secondary N) is 1. The number of pyridine rings is 1. The number of halogens is 2. The number of fused-ring (bicyclic) bond motifs is 1. The highest BCUT2D eigenvalue weighted by Crippen LogP contribution is 2.32. The fourth-order valence-electron chi connectivity index (χ4n) is 5.11. The van der Waals surface area contributed by atoms with E-state index in [2.05, 4.69) is 35.5 Å². The van der Waals surface area contributed by atoms with Crippen molar-refractivity contribution in [2.24, 2.45) is 0 Å². The van der Waals surface area contributed by atoms with Gasteiger partial charge < -0.3 is 10.1 Å². The first-order valence-electron chi connectivity index (χ1n) is 13.8. The van der Waals surface area contributed by atoms with E-state index in [0.717, 1.165) is 53.0 Å². The molecule has 0 saturated carbocycles. The number of ether oxygens (including phenoxy) is 1. The van der Waals surface area contributed by atoms with Crippen LogP contribution < -0.4 is 10.1 Å².